The third kappa shape index (κ3) is 76.3. The molecule has 0 bridgehead atoms. The van der Waals surface area contributed by atoms with E-state index >= 15 is 0 Å². The number of carbonyl (C=O) groups excluding carboxylic acids is 4. The summed E-state index contributed by atoms with van der Waals surface area (Å²) in [5.41, 5.74) is 0. The number of aliphatic hydroxyl groups excluding tert-OH is 1. The number of carbonyl (C=O) groups is 4. The van der Waals surface area contributed by atoms with Gasteiger partial charge in [0.05, 0.1) is 26.4 Å². The van der Waals surface area contributed by atoms with Gasteiger partial charge in [0, 0.05) is 25.7 Å². The SMILES string of the molecule is CCCCCCCCCCCCCCCCCC(=O)O[C@H](COC(=O)CCCCCCCCCCC)COP(=O)(O)OC[C@H](O)COP(=O)(O)OC[C@@H](COC(=O)CCCCCCCCCCCCCCCCC(C)C)OC(=O)CCCCCCCCCCCCCCCCCCCCC(C)C. The molecule has 0 aliphatic heterocycles. The molecule has 606 valence electrons. The highest BCUT2D eigenvalue weighted by Crippen LogP contribution is 2.45. The first-order chi connectivity index (χ1) is 49.4. The van der Waals surface area contributed by atoms with E-state index in [2.05, 4.69) is 41.5 Å². The standard InChI is InChI=1S/C83H162O17P2/c1-7-9-11-13-15-17-18-19-24-32-37-43-49-55-61-67-82(87)99-78(71-93-80(85)65-59-53-47-39-16-14-12-10-8-2)73-97-101(89,90)95-69-77(84)70-96-102(91,92)98-74-79(72-94-81(86)66-60-54-48-42-36-31-28-27-30-35-41-46-52-58-64-76(5)6)100-83(88)68-62-56-50-44-38-33-26-23-21-20-22-25-29-34-40-45-51-57-63-75(3)4/h75-79,84H,7-74H2,1-6H3,(H,89,90)(H,91,92)/t77-,78+,79+/m0/s1. The summed E-state index contributed by atoms with van der Waals surface area (Å²) in [6.45, 7) is 9.70. The van der Waals surface area contributed by atoms with Gasteiger partial charge in [0.25, 0.3) is 0 Å². The molecule has 102 heavy (non-hydrogen) atoms. The van der Waals surface area contributed by atoms with E-state index in [1.165, 1.54) is 257 Å². The number of phosphoric acid groups is 2. The quantitative estimate of drug-likeness (QED) is 0.0222. The fourth-order valence-electron chi connectivity index (χ4n) is 12.9. The predicted octanol–water partition coefficient (Wildman–Crippen LogP) is 25.1. The highest BCUT2D eigenvalue weighted by Gasteiger charge is 2.30. The van der Waals surface area contributed by atoms with Crippen LogP contribution in [0, 0.1) is 11.8 Å². The zero-order valence-corrected chi connectivity index (χ0v) is 68.7. The van der Waals surface area contributed by atoms with Gasteiger partial charge in [-0.3, -0.25) is 37.3 Å². The molecular formula is C83H162O17P2. The lowest BCUT2D eigenvalue weighted by Gasteiger charge is -2.21. The van der Waals surface area contributed by atoms with Gasteiger partial charge in [-0.25, -0.2) is 9.13 Å². The second-order valence-corrected chi connectivity index (χ2v) is 33.7. The molecule has 0 aromatic carbocycles. The average molecular weight is 1490 g/mol. The lowest BCUT2D eigenvalue weighted by Crippen LogP contribution is -2.30. The molecule has 2 unspecified atom stereocenters. The number of rotatable bonds is 82. The molecule has 0 heterocycles. The van der Waals surface area contributed by atoms with Crippen molar-refractivity contribution in [1.82, 2.24) is 0 Å². The van der Waals surface area contributed by atoms with Gasteiger partial charge in [0.15, 0.2) is 12.2 Å². The molecule has 0 aliphatic carbocycles. The monoisotopic (exact) mass is 1490 g/mol. The van der Waals surface area contributed by atoms with Gasteiger partial charge in [0.1, 0.15) is 19.3 Å². The summed E-state index contributed by atoms with van der Waals surface area (Å²) in [6.07, 6.45) is 65.2. The van der Waals surface area contributed by atoms with Crippen LogP contribution in [0.1, 0.15) is 440 Å². The molecule has 19 heteroatoms. The number of phosphoric ester groups is 2. The lowest BCUT2D eigenvalue weighted by atomic mass is 10.0. The molecule has 3 N–H and O–H groups in total. The fraction of sp³-hybridized carbons (Fsp3) is 0.952. The van der Waals surface area contributed by atoms with Crippen LogP contribution in [0.5, 0.6) is 0 Å². The van der Waals surface area contributed by atoms with Crippen LogP contribution in [0.4, 0.5) is 0 Å². The molecule has 0 amide bonds. The van der Waals surface area contributed by atoms with Crippen LogP contribution >= 0.6 is 15.6 Å². The van der Waals surface area contributed by atoms with Crippen LogP contribution in [0.2, 0.25) is 0 Å². The second kappa shape index (κ2) is 74.5. The number of hydrogen-bond donors (Lipinski definition) is 3. The number of hydrogen-bond acceptors (Lipinski definition) is 15. The number of aliphatic hydroxyl groups is 1. The highest BCUT2D eigenvalue weighted by atomic mass is 31.2. The molecule has 0 rings (SSSR count). The number of unbranched alkanes of at least 4 members (excludes halogenated alkanes) is 52. The molecule has 0 saturated heterocycles. The summed E-state index contributed by atoms with van der Waals surface area (Å²) in [5, 5.41) is 10.6. The van der Waals surface area contributed by atoms with Crippen molar-refractivity contribution in [2.45, 2.75) is 458 Å². The Morgan fingerprint density at radius 1 is 0.265 bits per heavy atom. The van der Waals surface area contributed by atoms with Gasteiger partial charge in [-0.1, -0.05) is 388 Å². The third-order valence-electron chi connectivity index (χ3n) is 19.5. The second-order valence-electron chi connectivity index (χ2n) is 30.8. The van der Waals surface area contributed by atoms with Crippen molar-refractivity contribution in [3.63, 3.8) is 0 Å². The largest absolute Gasteiger partial charge is 0.472 e. The molecule has 0 aliphatic rings. The van der Waals surface area contributed by atoms with Gasteiger partial charge in [-0.05, 0) is 37.5 Å². The van der Waals surface area contributed by atoms with Crippen LogP contribution in [0.3, 0.4) is 0 Å². The van der Waals surface area contributed by atoms with Crippen LogP contribution < -0.4 is 0 Å². The Morgan fingerprint density at radius 3 is 0.667 bits per heavy atom. The fourth-order valence-corrected chi connectivity index (χ4v) is 14.5. The smallest absolute Gasteiger partial charge is 0.462 e. The Kier molecular flexibility index (Phi) is 73.1. The van der Waals surface area contributed by atoms with E-state index in [0.717, 1.165) is 102 Å². The Balaban J connectivity index is 5.21. The van der Waals surface area contributed by atoms with Gasteiger partial charge < -0.3 is 33.8 Å². The van der Waals surface area contributed by atoms with Crippen LogP contribution in [-0.4, -0.2) is 96.7 Å². The van der Waals surface area contributed by atoms with E-state index in [1.807, 2.05) is 0 Å². The summed E-state index contributed by atoms with van der Waals surface area (Å²) in [5.74, 6) is -0.486. The normalized spacial score (nSPS) is 13.9. The average Bonchev–Trinajstić information content (AvgIpc) is 0.919. The summed E-state index contributed by atoms with van der Waals surface area (Å²) in [6, 6.07) is 0. The van der Waals surface area contributed by atoms with Crippen molar-refractivity contribution >= 4 is 39.5 Å². The highest BCUT2D eigenvalue weighted by molar-refractivity contribution is 7.47. The van der Waals surface area contributed by atoms with Crippen molar-refractivity contribution in [3.8, 4) is 0 Å². The first-order valence-electron chi connectivity index (χ1n) is 43.0. The minimum Gasteiger partial charge on any atom is -0.462 e. The Morgan fingerprint density at radius 2 is 0.451 bits per heavy atom. The molecule has 0 radical (unpaired) electrons. The predicted molar refractivity (Wildman–Crippen MR) is 418 cm³/mol. The molecule has 5 atom stereocenters. The maximum atomic E-state index is 13.1. The minimum absolute atomic E-state index is 0.108. The summed E-state index contributed by atoms with van der Waals surface area (Å²) in [4.78, 5) is 73.0. The van der Waals surface area contributed by atoms with Crippen molar-refractivity contribution in [2.75, 3.05) is 39.6 Å². The summed E-state index contributed by atoms with van der Waals surface area (Å²) < 4.78 is 68.7. The Labute approximate surface area is 626 Å². The van der Waals surface area contributed by atoms with Gasteiger partial charge in [0.2, 0.25) is 0 Å². The number of ether oxygens (including phenoxy) is 4. The van der Waals surface area contributed by atoms with E-state index < -0.39 is 97.5 Å². The first kappa shape index (κ1) is 100. The minimum atomic E-state index is -4.96. The molecule has 0 fully saturated rings. The zero-order chi connectivity index (χ0) is 74.9. The van der Waals surface area contributed by atoms with Crippen LogP contribution in [-0.2, 0) is 65.4 Å². The van der Waals surface area contributed by atoms with E-state index in [0.29, 0.717) is 25.7 Å². The number of esters is 4. The van der Waals surface area contributed by atoms with E-state index in [9.17, 15) is 43.2 Å². The van der Waals surface area contributed by atoms with Gasteiger partial charge >= 0.3 is 39.5 Å². The van der Waals surface area contributed by atoms with E-state index in [4.69, 9.17) is 37.0 Å². The maximum absolute atomic E-state index is 13.1. The summed E-state index contributed by atoms with van der Waals surface area (Å²) >= 11 is 0. The topological polar surface area (TPSA) is 237 Å². The van der Waals surface area contributed by atoms with E-state index in [-0.39, 0.29) is 25.7 Å². The van der Waals surface area contributed by atoms with Gasteiger partial charge in [-0.2, -0.15) is 0 Å². The first-order valence-corrected chi connectivity index (χ1v) is 46.0. The summed E-state index contributed by atoms with van der Waals surface area (Å²) in [7, 11) is -9.92. The van der Waals surface area contributed by atoms with E-state index in [1.54, 1.807) is 0 Å². The van der Waals surface area contributed by atoms with Crippen molar-refractivity contribution < 1.29 is 80.2 Å². The molecule has 0 spiro atoms. The zero-order valence-electron chi connectivity index (χ0n) is 66.9. The molecular weight excluding hydrogens is 1330 g/mol. The molecule has 17 nitrogen and oxygen atoms in total. The molecule has 0 aromatic heterocycles. The molecule has 0 aromatic rings. The Bertz CT molecular complexity index is 1960. The van der Waals surface area contributed by atoms with Crippen molar-refractivity contribution in [3.05, 3.63) is 0 Å². The maximum Gasteiger partial charge on any atom is 0.472 e. The third-order valence-corrected chi connectivity index (χ3v) is 21.4. The van der Waals surface area contributed by atoms with Crippen molar-refractivity contribution in [1.29, 1.82) is 0 Å². The van der Waals surface area contributed by atoms with Gasteiger partial charge in [-0.15, -0.1) is 0 Å². The lowest BCUT2D eigenvalue weighted by molar-refractivity contribution is -0.161. The van der Waals surface area contributed by atoms with Crippen LogP contribution in [0.25, 0.3) is 0 Å². The molecule has 0 saturated carbocycles. The van der Waals surface area contributed by atoms with Crippen LogP contribution in [0.15, 0.2) is 0 Å². The Hall–Kier alpha value is -1.94. The van der Waals surface area contributed by atoms with Crippen molar-refractivity contribution in [2.24, 2.45) is 11.8 Å².